The number of benzene rings is 2. The number of hydrogen-bond acceptors (Lipinski definition) is 2. The number of nitrogens with one attached hydrogen (secondary N) is 1. The first-order chi connectivity index (χ1) is 11.8. The van der Waals surface area contributed by atoms with Crippen LogP contribution in [0.1, 0.15) is 24.0 Å². The van der Waals surface area contributed by atoms with Crippen LogP contribution in [0.15, 0.2) is 60.7 Å². The van der Waals surface area contributed by atoms with Crippen LogP contribution in [0, 0.1) is 0 Å². The van der Waals surface area contributed by atoms with Crippen LogP contribution in [0.4, 0.5) is 0 Å². The summed E-state index contributed by atoms with van der Waals surface area (Å²) in [6.45, 7) is 2.26. The molecule has 0 spiro atoms. The van der Waals surface area contributed by atoms with E-state index in [1.165, 1.54) is 24.0 Å². The minimum atomic E-state index is 0.144. The monoisotopic (exact) mass is 322 g/mol. The summed E-state index contributed by atoms with van der Waals surface area (Å²) in [4.78, 5) is 14.6. The molecule has 3 rings (SSSR count). The minimum absolute atomic E-state index is 0.144. The van der Waals surface area contributed by atoms with Crippen molar-refractivity contribution in [2.75, 3.05) is 19.6 Å². The lowest BCUT2D eigenvalue weighted by Gasteiger charge is -2.24. The zero-order valence-electron chi connectivity index (χ0n) is 14.2. The molecule has 0 aromatic heterocycles. The van der Waals surface area contributed by atoms with Crippen molar-refractivity contribution in [3.63, 3.8) is 0 Å². The molecule has 3 nitrogen and oxygen atoms in total. The van der Waals surface area contributed by atoms with Gasteiger partial charge in [0.15, 0.2) is 0 Å². The Bertz CT molecular complexity index is 627. The van der Waals surface area contributed by atoms with Crippen LogP contribution in [0.3, 0.4) is 0 Å². The molecule has 1 aliphatic heterocycles. The SMILES string of the molecule is O=C(CN1CCC[C@@H]1Cc1ccccc1)NCCc1ccccc1. The number of carbonyl (C=O) groups excluding carboxylic acids is 1. The Morgan fingerprint density at radius 2 is 1.67 bits per heavy atom. The standard InChI is InChI=1S/C21H26N2O/c24-21(22-14-13-18-8-3-1-4-9-18)17-23-15-7-12-20(23)16-19-10-5-2-6-11-19/h1-6,8-11,20H,7,12-17H2,(H,22,24)/t20-/m1/s1. The predicted octanol–water partition coefficient (Wildman–Crippen LogP) is 3.05. The fourth-order valence-corrected chi connectivity index (χ4v) is 3.45. The maximum Gasteiger partial charge on any atom is 0.234 e. The van der Waals surface area contributed by atoms with E-state index in [1.54, 1.807) is 0 Å². The first-order valence-corrected chi connectivity index (χ1v) is 8.90. The maximum atomic E-state index is 12.2. The third-order valence-electron chi connectivity index (χ3n) is 4.74. The van der Waals surface area contributed by atoms with Gasteiger partial charge in [0.1, 0.15) is 0 Å². The Kier molecular flexibility index (Phi) is 6.02. The molecule has 0 radical (unpaired) electrons. The summed E-state index contributed by atoms with van der Waals surface area (Å²) in [5.74, 6) is 0.144. The highest BCUT2D eigenvalue weighted by Crippen LogP contribution is 2.20. The Balaban J connectivity index is 1.43. The molecular formula is C21H26N2O. The fraction of sp³-hybridized carbons (Fsp3) is 0.381. The molecule has 3 heteroatoms. The second-order valence-corrected chi connectivity index (χ2v) is 6.54. The number of nitrogens with zero attached hydrogens (tertiary/aromatic N) is 1. The molecule has 1 aliphatic rings. The van der Waals surface area contributed by atoms with Gasteiger partial charge >= 0.3 is 0 Å². The highest BCUT2D eigenvalue weighted by atomic mass is 16.2. The highest BCUT2D eigenvalue weighted by molar-refractivity contribution is 5.78. The van der Waals surface area contributed by atoms with E-state index in [0.717, 1.165) is 19.4 Å². The largest absolute Gasteiger partial charge is 0.355 e. The first-order valence-electron chi connectivity index (χ1n) is 8.90. The van der Waals surface area contributed by atoms with Crippen molar-refractivity contribution in [3.8, 4) is 0 Å². The summed E-state index contributed by atoms with van der Waals surface area (Å²) in [6, 6.07) is 21.4. The van der Waals surface area contributed by atoms with Gasteiger partial charge in [-0.25, -0.2) is 0 Å². The highest BCUT2D eigenvalue weighted by Gasteiger charge is 2.26. The van der Waals surface area contributed by atoms with Crippen LogP contribution >= 0.6 is 0 Å². The van der Waals surface area contributed by atoms with E-state index in [2.05, 4.69) is 52.7 Å². The second kappa shape index (κ2) is 8.65. The molecule has 0 saturated carbocycles. The zero-order valence-corrected chi connectivity index (χ0v) is 14.2. The predicted molar refractivity (Wildman–Crippen MR) is 97.9 cm³/mol. The Hall–Kier alpha value is -2.13. The van der Waals surface area contributed by atoms with Gasteiger partial charge in [0.05, 0.1) is 6.54 Å². The Morgan fingerprint density at radius 1 is 1.00 bits per heavy atom. The van der Waals surface area contributed by atoms with Crippen LogP contribution in [0.25, 0.3) is 0 Å². The van der Waals surface area contributed by atoms with Crippen molar-refractivity contribution in [1.29, 1.82) is 0 Å². The molecule has 2 aromatic rings. The molecule has 1 saturated heterocycles. The lowest BCUT2D eigenvalue weighted by Crippen LogP contribution is -2.41. The zero-order chi connectivity index (χ0) is 16.6. The van der Waals surface area contributed by atoms with Gasteiger partial charge in [-0.2, -0.15) is 0 Å². The average Bonchev–Trinajstić information content (AvgIpc) is 3.03. The molecule has 1 fully saturated rings. The van der Waals surface area contributed by atoms with Gasteiger partial charge in [-0.15, -0.1) is 0 Å². The molecule has 126 valence electrons. The quantitative estimate of drug-likeness (QED) is 0.850. The van der Waals surface area contributed by atoms with Crippen molar-refractivity contribution >= 4 is 5.91 Å². The average molecular weight is 322 g/mol. The number of carbonyl (C=O) groups is 1. The van der Waals surface area contributed by atoms with Crippen LogP contribution in [-0.2, 0) is 17.6 Å². The molecule has 24 heavy (non-hydrogen) atoms. The third-order valence-corrected chi connectivity index (χ3v) is 4.74. The lowest BCUT2D eigenvalue weighted by atomic mass is 10.0. The summed E-state index contributed by atoms with van der Waals surface area (Å²) in [5.41, 5.74) is 2.62. The first kappa shape index (κ1) is 16.7. The van der Waals surface area contributed by atoms with Crippen molar-refractivity contribution < 1.29 is 4.79 Å². The molecule has 0 aliphatic carbocycles. The fourth-order valence-electron chi connectivity index (χ4n) is 3.45. The van der Waals surface area contributed by atoms with Crippen LogP contribution < -0.4 is 5.32 Å². The molecule has 0 bridgehead atoms. The second-order valence-electron chi connectivity index (χ2n) is 6.54. The van der Waals surface area contributed by atoms with E-state index in [0.29, 0.717) is 19.1 Å². The van der Waals surface area contributed by atoms with Gasteiger partial charge in [0, 0.05) is 12.6 Å². The number of amides is 1. The molecule has 1 amide bonds. The summed E-state index contributed by atoms with van der Waals surface area (Å²) in [6.07, 6.45) is 4.30. The normalized spacial score (nSPS) is 17.8. The summed E-state index contributed by atoms with van der Waals surface area (Å²) in [7, 11) is 0. The van der Waals surface area contributed by atoms with Crippen molar-refractivity contribution in [2.24, 2.45) is 0 Å². The lowest BCUT2D eigenvalue weighted by molar-refractivity contribution is -0.122. The molecule has 0 unspecified atom stereocenters. The van der Waals surface area contributed by atoms with E-state index < -0.39 is 0 Å². The molecule has 1 N–H and O–H groups in total. The van der Waals surface area contributed by atoms with E-state index in [4.69, 9.17) is 0 Å². The Labute approximate surface area is 144 Å². The number of likely N-dealkylation sites (tertiary alicyclic amines) is 1. The summed E-state index contributed by atoms with van der Waals surface area (Å²) < 4.78 is 0. The number of hydrogen-bond donors (Lipinski definition) is 1. The van der Waals surface area contributed by atoms with Gasteiger partial charge in [-0.3, -0.25) is 9.69 Å². The van der Waals surface area contributed by atoms with Crippen LogP contribution in [-0.4, -0.2) is 36.5 Å². The van der Waals surface area contributed by atoms with Crippen molar-refractivity contribution in [2.45, 2.75) is 31.7 Å². The van der Waals surface area contributed by atoms with Gasteiger partial charge in [0.2, 0.25) is 5.91 Å². The van der Waals surface area contributed by atoms with E-state index in [1.807, 2.05) is 18.2 Å². The van der Waals surface area contributed by atoms with Gasteiger partial charge in [-0.1, -0.05) is 60.7 Å². The molecular weight excluding hydrogens is 296 g/mol. The molecule has 1 heterocycles. The van der Waals surface area contributed by atoms with Crippen LogP contribution in [0.5, 0.6) is 0 Å². The van der Waals surface area contributed by atoms with Crippen LogP contribution in [0.2, 0.25) is 0 Å². The smallest absolute Gasteiger partial charge is 0.234 e. The van der Waals surface area contributed by atoms with E-state index in [9.17, 15) is 4.79 Å². The summed E-state index contributed by atoms with van der Waals surface area (Å²) >= 11 is 0. The topological polar surface area (TPSA) is 32.3 Å². The van der Waals surface area contributed by atoms with Gasteiger partial charge < -0.3 is 5.32 Å². The molecule has 2 aromatic carbocycles. The van der Waals surface area contributed by atoms with E-state index >= 15 is 0 Å². The summed E-state index contributed by atoms with van der Waals surface area (Å²) in [5, 5.41) is 3.06. The van der Waals surface area contributed by atoms with E-state index in [-0.39, 0.29) is 5.91 Å². The van der Waals surface area contributed by atoms with Crippen molar-refractivity contribution in [3.05, 3.63) is 71.8 Å². The van der Waals surface area contributed by atoms with Crippen molar-refractivity contribution in [1.82, 2.24) is 10.2 Å². The minimum Gasteiger partial charge on any atom is -0.355 e. The van der Waals surface area contributed by atoms with Gasteiger partial charge in [0.25, 0.3) is 0 Å². The molecule has 1 atom stereocenters. The van der Waals surface area contributed by atoms with Gasteiger partial charge in [-0.05, 0) is 43.4 Å². The maximum absolute atomic E-state index is 12.2. The Morgan fingerprint density at radius 3 is 2.38 bits per heavy atom. The number of rotatable bonds is 7. The third kappa shape index (κ3) is 4.93.